The molecule has 2 atom stereocenters. The van der Waals surface area contributed by atoms with Crippen molar-refractivity contribution in [1.29, 1.82) is 0 Å². The summed E-state index contributed by atoms with van der Waals surface area (Å²) in [6, 6.07) is 10.2. The van der Waals surface area contributed by atoms with Crippen LogP contribution in [0.1, 0.15) is 62.5 Å². The van der Waals surface area contributed by atoms with Gasteiger partial charge in [0, 0.05) is 34.1 Å². The molecule has 6 heteroatoms. The Balaban J connectivity index is 0.00000450. The molecule has 1 heterocycles. The molecule has 2 aromatic rings. The molecule has 2 N–H and O–H groups in total. The number of hydrogen-bond acceptors (Lipinski definition) is 5. The summed E-state index contributed by atoms with van der Waals surface area (Å²) < 4.78 is 0. The first-order valence-corrected chi connectivity index (χ1v) is 10.6. The van der Waals surface area contributed by atoms with Gasteiger partial charge in [0.15, 0.2) is 0 Å². The molecule has 0 amide bonds. The van der Waals surface area contributed by atoms with Crippen LogP contribution in [0.3, 0.4) is 0 Å². The van der Waals surface area contributed by atoms with E-state index in [9.17, 15) is 20.1 Å². The minimum atomic E-state index is -1.33. The Labute approximate surface area is 205 Å². The molecule has 0 aliphatic carbocycles. The van der Waals surface area contributed by atoms with Crippen molar-refractivity contribution < 1.29 is 49.7 Å². The molecule has 1 aromatic carbocycles. The first-order chi connectivity index (χ1) is 13.7. The Bertz CT molecular complexity index is 880. The molecule has 0 fully saturated rings. The number of carboxylic acid groups (broad SMARTS) is 1. The zero-order valence-corrected chi connectivity index (χ0v) is 21.2. The van der Waals surface area contributed by atoms with Crippen LogP contribution in [0, 0.1) is 0 Å². The SMILES string of the molecule is CC(C)=Cc1c(-c2ccccc2)sc(C(C)C)c1/C=C/[C@@H](O)C[C@@H](O)CC(=O)[O-].[Na+]. The van der Waals surface area contributed by atoms with Crippen molar-refractivity contribution in [3.63, 3.8) is 0 Å². The zero-order valence-electron chi connectivity index (χ0n) is 18.4. The molecule has 4 nitrogen and oxygen atoms in total. The van der Waals surface area contributed by atoms with Crippen molar-refractivity contribution in [3.05, 3.63) is 58.0 Å². The second-order valence-corrected chi connectivity index (χ2v) is 8.81. The van der Waals surface area contributed by atoms with Crippen molar-refractivity contribution in [1.82, 2.24) is 0 Å². The zero-order chi connectivity index (χ0) is 21.6. The van der Waals surface area contributed by atoms with Crippen LogP contribution in [0.2, 0.25) is 0 Å². The number of allylic oxidation sites excluding steroid dienone is 1. The minimum absolute atomic E-state index is 0. The molecule has 0 unspecified atom stereocenters. The van der Waals surface area contributed by atoms with E-state index >= 15 is 0 Å². The fourth-order valence-corrected chi connectivity index (χ4v) is 4.43. The molecule has 30 heavy (non-hydrogen) atoms. The predicted octanol–water partition coefficient (Wildman–Crippen LogP) is 1.23. The number of thiophene rings is 1. The number of aliphatic hydroxyl groups is 2. The fraction of sp³-hybridized carbons (Fsp3) is 0.375. The Hall–Kier alpha value is -1.21. The number of carbonyl (C=O) groups excluding carboxylic acids is 1. The summed E-state index contributed by atoms with van der Waals surface area (Å²) >= 11 is 1.75. The summed E-state index contributed by atoms with van der Waals surface area (Å²) in [5.41, 5.74) is 4.49. The normalized spacial score (nSPS) is 13.2. The van der Waals surface area contributed by atoms with E-state index in [1.165, 1.54) is 15.3 Å². The molecule has 1 aromatic heterocycles. The van der Waals surface area contributed by atoms with Gasteiger partial charge in [-0.3, -0.25) is 0 Å². The van der Waals surface area contributed by atoms with Gasteiger partial charge in [-0.25, -0.2) is 0 Å². The first-order valence-electron chi connectivity index (χ1n) is 9.80. The van der Waals surface area contributed by atoms with Gasteiger partial charge >= 0.3 is 29.6 Å². The van der Waals surface area contributed by atoms with Gasteiger partial charge in [-0.1, -0.05) is 68.0 Å². The third kappa shape index (κ3) is 7.80. The number of carboxylic acids is 1. The van der Waals surface area contributed by atoms with Gasteiger partial charge in [0.2, 0.25) is 0 Å². The van der Waals surface area contributed by atoms with E-state index in [0.29, 0.717) is 5.92 Å². The van der Waals surface area contributed by atoms with E-state index in [-0.39, 0.29) is 36.0 Å². The van der Waals surface area contributed by atoms with E-state index in [0.717, 1.165) is 16.7 Å². The van der Waals surface area contributed by atoms with Gasteiger partial charge in [0.05, 0.1) is 12.2 Å². The molecular weight excluding hydrogens is 407 g/mol. The van der Waals surface area contributed by atoms with Gasteiger partial charge in [-0.2, -0.15) is 0 Å². The number of rotatable bonds is 9. The number of carbonyl (C=O) groups is 1. The Morgan fingerprint density at radius 1 is 1.13 bits per heavy atom. The van der Waals surface area contributed by atoms with Gasteiger partial charge in [-0.05, 0) is 30.9 Å². The summed E-state index contributed by atoms with van der Waals surface area (Å²) in [7, 11) is 0. The van der Waals surface area contributed by atoms with E-state index < -0.39 is 24.6 Å². The van der Waals surface area contributed by atoms with Crippen LogP contribution in [0.25, 0.3) is 22.6 Å². The number of benzene rings is 1. The smallest absolute Gasteiger partial charge is 0.550 e. The van der Waals surface area contributed by atoms with Gasteiger partial charge in [-0.15, -0.1) is 11.3 Å². The number of hydrogen-bond donors (Lipinski definition) is 2. The molecular formula is C24H29NaO4S. The molecule has 0 aliphatic heterocycles. The second kappa shape index (κ2) is 12.6. The summed E-state index contributed by atoms with van der Waals surface area (Å²) in [5.74, 6) is -1.02. The quantitative estimate of drug-likeness (QED) is 0.580. The van der Waals surface area contributed by atoms with E-state index in [1.54, 1.807) is 17.4 Å². The summed E-state index contributed by atoms with van der Waals surface area (Å²) in [5, 5.41) is 30.6. The monoisotopic (exact) mass is 436 g/mol. The summed E-state index contributed by atoms with van der Waals surface area (Å²) in [6.45, 7) is 8.40. The minimum Gasteiger partial charge on any atom is -0.550 e. The predicted molar refractivity (Wildman–Crippen MR) is 118 cm³/mol. The van der Waals surface area contributed by atoms with E-state index in [4.69, 9.17) is 0 Å². The van der Waals surface area contributed by atoms with Crippen LogP contribution in [0.15, 0.2) is 42.0 Å². The maximum absolute atomic E-state index is 10.6. The maximum Gasteiger partial charge on any atom is 1.00 e. The van der Waals surface area contributed by atoms with Gasteiger partial charge in [0.1, 0.15) is 0 Å². The Kier molecular flexibility index (Phi) is 11.3. The maximum atomic E-state index is 10.6. The number of aliphatic carboxylic acids is 1. The molecule has 0 radical (unpaired) electrons. The van der Waals surface area contributed by atoms with E-state index in [2.05, 4.69) is 45.9 Å². The van der Waals surface area contributed by atoms with Crippen molar-refractivity contribution in [2.45, 2.75) is 58.7 Å². The molecule has 0 bridgehead atoms. The standard InChI is InChI=1S/C24H30O4S.Na/c1-15(2)12-21-20(11-10-18(25)13-19(26)14-22(27)28)23(16(3)4)29-24(21)17-8-6-5-7-9-17;/h5-12,16,18-19,25-26H,13-14H2,1-4H3,(H,27,28);/q;+1/p-1/b11-10+;/t18-,19-;/m1./s1. The second-order valence-electron chi connectivity index (χ2n) is 7.76. The van der Waals surface area contributed by atoms with Crippen LogP contribution in [0.4, 0.5) is 0 Å². The van der Waals surface area contributed by atoms with Gasteiger partial charge in [0.25, 0.3) is 0 Å². The third-order valence-corrected chi connectivity index (χ3v) is 5.98. The molecule has 156 valence electrons. The van der Waals surface area contributed by atoms with Crippen molar-refractivity contribution >= 4 is 29.5 Å². The summed E-state index contributed by atoms with van der Waals surface area (Å²) in [4.78, 5) is 13.0. The Morgan fingerprint density at radius 3 is 2.30 bits per heavy atom. The Morgan fingerprint density at radius 2 is 1.77 bits per heavy atom. The van der Waals surface area contributed by atoms with Crippen LogP contribution in [-0.2, 0) is 4.79 Å². The van der Waals surface area contributed by atoms with Crippen molar-refractivity contribution in [3.8, 4) is 10.4 Å². The topological polar surface area (TPSA) is 80.6 Å². The van der Waals surface area contributed by atoms with Crippen LogP contribution >= 0.6 is 11.3 Å². The third-order valence-electron chi connectivity index (χ3n) is 4.41. The summed E-state index contributed by atoms with van der Waals surface area (Å²) in [6.07, 6.45) is 3.07. The molecule has 2 rings (SSSR count). The molecule has 0 aliphatic rings. The van der Waals surface area contributed by atoms with Gasteiger partial charge < -0.3 is 20.1 Å². The average molecular weight is 437 g/mol. The largest absolute Gasteiger partial charge is 1.00 e. The van der Waals surface area contributed by atoms with Crippen LogP contribution in [0.5, 0.6) is 0 Å². The van der Waals surface area contributed by atoms with E-state index in [1.807, 2.05) is 24.3 Å². The van der Waals surface area contributed by atoms with Crippen LogP contribution < -0.4 is 34.7 Å². The molecule has 0 saturated heterocycles. The van der Waals surface area contributed by atoms with Crippen molar-refractivity contribution in [2.24, 2.45) is 0 Å². The molecule has 0 spiro atoms. The fourth-order valence-electron chi connectivity index (χ4n) is 3.15. The molecule has 0 saturated carbocycles. The average Bonchev–Trinajstić information content (AvgIpc) is 2.97. The van der Waals surface area contributed by atoms with Crippen molar-refractivity contribution in [2.75, 3.05) is 0 Å². The number of aliphatic hydroxyl groups excluding tert-OH is 2. The van der Waals surface area contributed by atoms with Crippen LogP contribution in [-0.4, -0.2) is 28.4 Å². The first kappa shape index (κ1) is 26.8.